The van der Waals surface area contributed by atoms with Crippen molar-refractivity contribution in [3.05, 3.63) is 58.1 Å². The molecule has 1 atom stereocenters. The summed E-state index contributed by atoms with van der Waals surface area (Å²) in [6.07, 6.45) is -5.12. The summed E-state index contributed by atoms with van der Waals surface area (Å²) in [6, 6.07) is 9.11. The van der Waals surface area contributed by atoms with Crippen LogP contribution in [-0.4, -0.2) is 12.0 Å². The van der Waals surface area contributed by atoms with Crippen LogP contribution >= 0.6 is 23.2 Å². The average molecular weight is 392 g/mol. The topological polar surface area (TPSA) is 38.3 Å². The van der Waals surface area contributed by atoms with E-state index in [-0.39, 0.29) is 10.7 Å². The van der Waals surface area contributed by atoms with E-state index in [0.717, 1.165) is 18.2 Å². The van der Waals surface area contributed by atoms with Gasteiger partial charge in [0.1, 0.15) is 5.75 Å². The lowest BCUT2D eigenvalue weighted by molar-refractivity contribution is -0.137. The first-order chi connectivity index (χ1) is 11.7. The Morgan fingerprint density at radius 1 is 1.16 bits per heavy atom. The first-order valence-corrected chi connectivity index (χ1v) is 8.06. The van der Waals surface area contributed by atoms with Gasteiger partial charge in [0.15, 0.2) is 6.10 Å². The molecule has 0 radical (unpaired) electrons. The molecule has 25 heavy (non-hydrogen) atoms. The predicted molar refractivity (Wildman–Crippen MR) is 91.2 cm³/mol. The minimum Gasteiger partial charge on any atom is -0.481 e. The molecule has 0 aliphatic heterocycles. The highest BCUT2D eigenvalue weighted by molar-refractivity contribution is 6.33. The molecule has 2 rings (SSSR count). The highest BCUT2D eigenvalue weighted by Gasteiger charge is 2.31. The fourth-order valence-corrected chi connectivity index (χ4v) is 2.30. The second kappa shape index (κ2) is 7.97. The van der Waals surface area contributed by atoms with Crippen LogP contribution in [-0.2, 0) is 11.0 Å². The first-order valence-electron chi connectivity index (χ1n) is 7.30. The predicted octanol–water partition coefficient (Wildman–Crippen LogP) is 5.81. The molecule has 2 aromatic carbocycles. The molecule has 1 amide bonds. The molecule has 3 nitrogen and oxygen atoms in total. The van der Waals surface area contributed by atoms with Crippen LogP contribution in [0.3, 0.4) is 0 Å². The summed E-state index contributed by atoms with van der Waals surface area (Å²) in [7, 11) is 0. The highest BCUT2D eigenvalue weighted by Crippen LogP contribution is 2.34. The summed E-state index contributed by atoms with van der Waals surface area (Å²) in [6.45, 7) is 1.72. The number of carbonyl (C=O) groups is 1. The minimum absolute atomic E-state index is 0.00250. The largest absolute Gasteiger partial charge is 0.481 e. The van der Waals surface area contributed by atoms with E-state index in [1.54, 1.807) is 31.2 Å². The van der Waals surface area contributed by atoms with Gasteiger partial charge < -0.3 is 10.1 Å². The smallest absolute Gasteiger partial charge is 0.416 e. The summed E-state index contributed by atoms with van der Waals surface area (Å²) in [5.74, 6) is -0.180. The lowest BCUT2D eigenvalue weighted by Gasteiger charge is -2.18. The van der Waals surface area contributed by atoms with Crippen LogP contribution in [0, 0.1) is 0 Å². The normalized spacial score (nSPS) is 12.6. The number of amides is 1. The van der Waals surface area contributed by atoms with E-state index in [9.17, 15) is 18.0 Å². The molecule has 0 bridgehead atoms. The maximum atomic E-state index is 12.8. The molecule has 0 unspecified atom stereocenters. The van der Waals surface area contributed by atoms with Crippen molar-refractivity contribution < 1.29 is 22.7 Å². The zero-order valence-electron chi connectivity index (χ0n) is 13.0. The summed E-state index contributed by atoms with van der Waals surface area (Å²) in [5.41, 5.74) is -1.03. The first kappa shape index (κ1) is 19.4. The van der Waals surface area contributed by atoms with E-state index in [2.05, 4.69) is 5.32 Å². The second-order valence-corrected chi connectivity index (χ2v) is 5.99. The van der Waals surface area contributed by atoms with Crippen molar-refractivity contribution in [2.45, 2.75) is 25.6 Å². The van der Waals surface area contributed by atoms with Crippen LogP contribution in [0.15, 0.2) is 42.5 Å². The molecule has 2 aromatic rings. The number of carbonyl (C=O) groups excluding carboxylic acids is 1. The highest BCUT2D eigenvalue weighted by atomic mass is 35.5. The van der Waals surface area contributed by atoms with Crippen molar-refractivity contribution in [3.8, 4) is 5.75 Å². The Kier molecular flexibility index (Phi) is 6.19. The van der Waals surface area contributed by atoms with Crippen LogP contribution in [0.2, 0.25) is 10.0 Å². The summed E-state index contributed by atoms with van der Waals surface area (Å²) in [4.78, 5) is 12.3. The van der Waals surface area contributed by atoms with Crippen molar-refractivity contribution in [1.82, 2.24) is 0 Å². The Labute approximate surface area is 152 Å². The molecular formula is C17H14Cl2F3NO2. The number of halogens is 5. The number of rotatable bonds is 5. The molecular weight excluding hydrogens is 378 g/mol. The third kappa shape index (κ3) is 5.28. The van der Waals surface area contributed by atoms with E-state index in [0.29, 0.717) is 17.2 Å². The molecule has 0 aliphatic rings. The van der Waals surface area contributed by atoms with Crippen molar-refractivity contribution in [2.75, 3.05) is 5.32 Å². The van der Waals surface area contributed by atoms with E-state index in [4.69, 9.17) is 27.9 Å². The van der Waals surface area contributed by atoms with E-state index in [1.807, 2.05) is 0 Å². The molecule has 0 aliphatic carbocycles. The van der Waals surface area contributed by atoms with Crippen molar-refractivity contribution in [3.63, 3.8) is 0 Å². The van der Waals surface area contributed by atoms with Gasteiger partial charge in [-0.2, -0.15) is 13.2 Å². The number of nitrogens with one attached hydrogen (secondary N) is 1. The molecule has 0 aromatic heterocycles. The zero-order chi connectivity index (χ0) is 18.6. The maximum absolute atomic E-state index is 12.8. The molecule has 0 saturated heterocycles. The quantitative estimate of drug-likeness (QED) is 0.698. The Balaban J connectivity index is 2.15. The SMILES string of the molecule is CC[C@@H](Oc1ccc(Cl)cc1)C(=O)Nc1cc(C(F)(F)F)ccc1Cl. The summed E-state index contributed by atoms with van der Waals surface area (Å²) < 4.78 is 43.9. The molecule has 8 heteroatoms. The summed E-state index contributed by atoms with van der Waals surface area (Å²) >= 11 is 11.7. The second-order valence-electron chi connectivity index (χ2n) is 5.15. The summed E-state index contributed by atoms with van der Waals surface area (Å²) in [5, 5.41) is 2.90. The molecule has 1 N–H and O–H groups in total. The van der Waals surface area contributed by atoms with Crippen LogP contribution in [0.25, 0.3) is 0 Å². The number of anilines is 1. The third-order valence-electron chi connectivity index (χ3n) is 3.31. The Bertz CT molecular complexity index is 749. The lowest BCUT2D eigenvalue weighted by atomic mass is 10.1. The van der Waals surface area contributed by atoms with Gasteiger partial charge in [-0.3, -0.25) is 4.79 Å². The molecule has 0 saturated carbocycles. The van der Waals surface area contributed by atoms with Gasteiger partial charge in [0, 0.05) is 5.02 Å². The van der Waals surface area contributed by atoms with Gasteiger partial charge in [0.2, 0.25) is 0 Å². The molecule has 134 valence electrons. The minimum atomic E-state index is -4.53. The van der Waals surface area contributed by atoms with Gasteiger partial charge in [0.25, 0.3) is 5.91 Å². The van der Waals surface area contributed by atoms with Gasteiger partial charge in [-0.25, -0.2) is 0 Å². The van der Waals surface area contributed by atoms with Gasteiger partial charge in [-0.05, 0) is 48.9 Å². The fourth-order valence-electron chi connectivity index (χ4n) is 2.01. The molecule has 0 fully saturated rings. The third-order valence-corrected chi connectivity index (χ3v) is 3.89. The van der Waals surface area contributed by atoms with E-state index < -0.39 is 23.8 Å². The maximum Gasteiger partial charge on any atom is 0.416 e. The Morgan fingerprint density at radius 2 is 1.80 bits per heavy atom. The van der Waals surface area contributed by atoms with Gasteiger partial charge in [-0.15, -0.1) is 0 Å². The van der Waals surface area contributed by atoms with E-state index in [1.165, 1.54) is 0 Å². The number of hydrogen-bond donors (Lipinski definition) is 1. The van der Waals surface area contributed by atoms with Crippen molar-refractivity contribution in [1.29, 1.82) is 0 Å². The van der Waals surface area contributed by atoms with Crippen LogP contribution in [0.5, 0.6) is 5.75 Å². The van der Waals surface area contributed by atoms with E-state index >= 15 is 0 Å². The molecule has 0 heterocycles. The Hall–Kier alpha value is -1.92. The van der Waals surface area contributed by atoms with Gasteiger partial charge in [-0.1, -0.05) is 30.1 Å². The number of alkyl halides is 3. The van der Waals surface area contributed by atoms with Crippen LogP contribution in [0.1, 0.15) is 18.9 Å². The average Bonchev–Trinajstić information content (AvgIpc) is 2.55. The molecule has 0 spiro atoms. The number of ether oxygens (including phenoxy) is 1. The standard InChI is InChI=1S/C17H14Cl2F3NO2/c1-2-15(25-12-6-4-11(18)5-7-12)16(24)23-14-9-10(17(20,21)22)3-8-13(14)19/h3-9,15H,2H2,1H3,(H,23,24)/t15-/m1/s1. The number of benzene rings is 2. The van der Waals surface area contributed by atoms with Crippen molar-refractivity contribution >= 4 is 34.8 Å². The zero-order valence-corrected chi connectivity index (χ0v) is 14.5. The van der Waals surface area contributed by atoms with Crippen LogP contribution in [0.4, 0.5) is 18.9 Å². The van der Waals surface area contributed by atoms with Gasteiger partial charge >= 0.3 is 6.18 Å². The van der Waals surface area contributed by atoms with Gasteiger partial charge in [0.05, 0.1) is 16.3 Å². The van der Waals surface area contributed by atoms with Crippen LogP contribution < -0.4 is 10.1 Å². The Morgan fingerprint density at radius 3 is 2.36 bits per heavy atom. The lowest BCUT2D eigenvalue weighted by Crippen LogP contribution is -2.32. The number of hydrogen-bond acceptors (Lipinski definition) is 2. The fraction of sp³-hybridized carbons (Fsp3) is 0.235. The van der Waals surface area contributed by atoms with Crippen molar-refractivity contribution in [2.24, 2.45) is 0 Å². The monoisotopic (exact) mass is 391 g/mol.